The third kappa shape index (κ3) is 2.87. The molecule has 0 spiro atoms. The number of imidazole rings is 1. The lowest BCUT2D eigenvalue weighted by molar-refractivity contribution is 0.0929. The summed E-state index contributed by atoms with van der Waals surface area (Å²) in [5, 5.41) is 2.93. The van der Waals surface area contributed by atoms with Crippen LogP contribution in [0, 0.1) is 0 Å². The summed E-state index contributed by atoms with van der Waals surface area (Å²) in [4.78, 5) is 19.1. The zero-order valence-electron chi connectivity index (χ0n) is 10.6. The van der Waals surface area contributed by atoms with Crippen LogP contribution in [0.4, 0.5) is 0 Å². The minimum atomic E-state index is -0.0740. The van der Waals surface area contributed by atoms with E-state index < -0.39 is 0 Å². The van der Waals surface area contributed by atoms with Crippen molar-refractivity contribution in [2.45, 2.75) is 19.4 Å². The highest BCUT2D eigenvalue weighted by atomic mass is 16.5. The number of nitrogens with zero attached hydrogens (tertiary/aromatic N) is 1. The average molecular weight is 247 g/mol. The van der Waals surface area contributed by atoms with E-state index in [0.717, 1.165) is 17.5 Å². The zero-order valence-corrected chi connectivity index (χ0v) is 10.6. The van der Waals surface area contributed by atoms with E-state index in [9.17, 15) is 4.79 Å². The van der Waals surface area contributed by atoms with E-state index in [1.54, 1.807) is 25.6 Å². The number of amides is 1. The van der Waals surface area contributed by atoms with Crippen molar-refractivity contribution in [3.8, 4) is 0 Å². The second kappa shape index (κ2) is 5.64. The molecule has 1 unspecified atom stereocenters. The van der Waals surface area contributed by atoms with Gasteiger partial charge in [-0.05, 0) is 31.5 Å². The molecule has 0 radical (unpaired) electrons. The predicted octanol–water partition coefficient (Wildman–Crippen LogP) is 1.72. The highest BCUT2D eigenvalue weighted by molar-refractivity contribution is 5.97. The van der Waals surface area contributed by atoms with Crippen molar-refractivity contribution < 1.29 is 9.53 Å². The van der Waals surface area contributed by atoms with Gasteiger partial charge in [-0.15, -0.1) is 0 Å². The van der Waals surface area contributed by atoms with E-state index in [1.807, 2.05) is 13.0 Å². The fourth-order valence-corrected chi connectivity index (χ4v) is 1.75. The normalized spacial score (nSPS) is 12.6. The molecule has 96 valence electrons. The van der Waals surface area contributed by atoms with Crippen LogP contribution in [0.25, 0.3) is 11.0 Å². The van der Waals surface area contributed by atoms with Gasteiger partial charge >= 0.3 is 0 Å². The Morgan fingerprint density at radius 1 is 1.56 bits per heavy atom. The second-order valence-electron chi connectivity index (χ2n) is 4.29. The van der Waals surface area contributed by atoms with Gasteiger partial charge in [-0.2, -0.15) is 0 Å². The first-order valence-corrected chi connectivity index (χ1v) is 5.93. The smallest absolute Gasteiger partial charge is 0.251 e. The third-order valence-corrected chi connectivity index (χ3v) is 2.81. The van der Waals surface area contributed by atoms with Crippen molar-refractivity contribution >= 4 is 16.9 Å². The summed E-state index contributed by atoms with van der Waals surface area (Å²) in [6, 6.07) is 5.51. The molecule has 1 heterocycles. The zero-order chi connectivity index (χ0) is 13.0. The summed E-state index contributed by atoms with van der Waals surface area (Å²) in [6.45, 7) is 2.60. The number of fused-ring (bicyclic) bond motifs is 1. The summed E-state index contributed by atoms with van der Waals surface area (Å²) < 4.78 is 4.98. The number of carbonyl (C=O) groups excluding carboxylic acids is 1. The van der Waals surface area contributed by atoms with E-state index in [4.69, 9.17) is 4.74 Å². The topological polar surface area (TPSA) is 67.0 Å². The van der Waals surface area contributed by atoms with Crippen LogP contribution in [0.3, 0.4) is 0 Å². The molecule has 0 aliphatic carbocycles. The highest BCUT2D eigenvalue weighted by Crippen LogP contribution is 2.11. The molecule has 0 fully saturated rings. The fraction of sp³-hybridized carbons (Fsp3) is 0.385. The Labute approximate surface area is 106 Å². The summed E-state index contributed by atoms with van der Waals surface area (Å²) in [5.74, 6) is -0.0740. The number of methoxy groups -OCH3 is 1. The number of hydrogen-bond donors (Lipinski definition) is 2. The summed E-state index contributed by atoms with van der Waals surface area (Å²) >= 11 is 0. The number of rotatable bonds is 5. The monoisotopic (exact) mass is 247 g/mol. The minimum Gasteiger partial charge on any atom is -0.385 e. The number of nitrogens with one attached hydrogen (secondary N) is 2. The fourth-order valence-electron chi connectivity index (χ4n) is 1.75. The van der Waals surface area contributed by atoms with Crippen molar-refractivity contribution in [3.05, 3.63) is 30.1 Å². The largest absolute Gasteiger partial charge is 0.385 e. The van der Waals surface area contributed by atoms with Crippen LogP contribution in [-0.4, -0.2) is 35.6 Å². The highest BCUT2D eigenvalue weighted by Gasteiger charge is 2.10. The standard InChI is InChI=1S/C13H17N3O2/c1-9(5-6-18-2)16-13(17)10-3-4-11-12(7-10)15-8-14-11/h3-4,7-9H,5-6H2,1-2H3,(H,14,15)(H,16,17). The van der Waals surface area contributed by atoms with Gasteiger partial charge in [0.15, 0.2) is 0 Å². The van der Waals surface area contributed by atoms with Gasteiger partial charge in [0.25, 0.3) is 5.91 Å². The van der Waals surface area contributed by atoms with Gasteiger partial charge < -0.3 is 15.0 Å². The Bertz CT molecular complexity index is 536. The maximum atomic E-state index is 12.0. The van der Waals surface area contributed by atoms with Gasteiger partial charge in [0, 0.05) is 25.3 Å². The van der Waals surface area contributed by atoms with Gasteiger partial charge in [0.05, 0.1) is 17.4 Å². The van der Waals surface area contributed by atoms with Crippen LogP contribution in [0.5, 0.6) is 0 Å². The first-order valence-electron chi connectivity index (χ1n) is 5.93. The number of H-pyrrole nitrogens is 1. The van der Waals surface area contributed by atoms with Crippen molar-refractivity contribution in [1.82, 2.24) is 15.3 Å². The molecule has 18 heavy (non-hydrogen) atoms. The van der Waals surface area contributed by atoms with Crippen LogP contribution in [0.15, 0.2) is 24.5 Å². The Balaban J connectivity index is 2.03. The van der Waals surface area contributed by atoms with E-state index in [0.29, 0.717) is 12.2 Å². The molecule has 0 bridgehead atoms. The van der Waals surface area contributed by atoms with Crippen LogP contribution >= 0.6 is 0 Å². The molecule has 1 aromatic heterocycles. The quantitative estimate of drug-likeness (QED) is 0.845. The molecule has 2 N–H and O–H groups in total. The number of hydrogen-bond acceptors (Lipinski definition) is 3. The molecule has 5 nitrogen and oxygen atoms in total. The maximum Gasteiger partial charge on any atom is 0.251 e. The Kier molecular flexibility index (Phi) is 3.94. The number of ether oxygens (including phenoxy) is 1. The molecule has 0 saturated heterocycles. The van der Waals surface area contributed by atoms with Gasteiger partial charge in [0.1, 0.15) is 0 Å². The third-order valence-electron chi connectivity index (χ3n) is 2.81. The molecule has 1 atom stereocenters. The summed E-state index contributed by atoms with van der Waals surface area (Å²) in [7, 11) is 1.65. The van der Waals surface area contributed by atoms with E-state index in [2.05, 4.69) is 15.3 Å². The number of carbonyl (C=O) groups is 1. The second-order valence-corrected chi connectivity index (χ2v) is 4.29. The Hall–Kier alpha value is -1.88. The lowest BCUT2D eigenvalue weighted by Crippen LogP contribution is -2.33. The number of aromatic nitrogens is 2. The molecule has 2 rings (SSSR count). The van der Waals surface area contributed by atoms with E-state index in [-0.39, 0.29) is 11.9 Å². The number of aromatic amines is 1. The average Bonchev–Trinajstić information content (AvgIpc) is 2.83. The summed E-state index contributed by atoms with van der Waals surface area (Å²) in [5.41, 5.74) is 2.36. The molecule has 2 aromatic rings. The SMILES string of the molecule is COCCC(C)NC(=O)c1ccc2nc[nH]c2c1. The summed E-state index contributed by atoms with van der Waals surface area (Å²) in [6.07, 6.45) is 2.42. The van der Waals surface area contributed by atoms with E-state index in [1.165, 1.54) is 0 Å². The first kappa shape index (κ1) is 12.6. The molecule has 1 aromatic carbocycles. The molecule has 0 saturated carbocycles. The molecular weight excluding hydrogens is 230 g/mol. The molecule has 5 heteroatoms. The molecule has 0 aliphatic heterocycles. The first-order chi connectivity index (χ1) is 8.70. The molecule has 0 aliphatic rings. The van der Waals surface area contributed by atoms with Gasteiger partial charge in [0.2, 0.25) is 0 Å². The van der Waals surface area contributed by atoms with Gasteiger partial charge in [-0.25, -0.2) is 4.98 Å². The molecular formula is C13H17N3O2. The maximum absolute atomic E-state index is 12.0. The van der Waals surface area contributed by atoms with Crippen LogP contribution in [0.2, 0.25) is 0 Å². The van der Waals surface area contributed by atoms with Crippen molar-refractivity contribution in [2.24, 2.45) is 0 Å². The van der Waals surface area contributed by atoms with Crippen molar-refractivity contribution in [1.29, 1.82) is 0 Å². The van der Waals surface area contributed by atoms with Gasteiger partial charge in [-0.3, -0.25) is 4.79 Å². The van der Waals surface area contributed by atoms with Gasteiger partial charge in [-0.1, -0.05) is 0 Å². The van der Waals surface area contributed by atoms with Crippen molar-refractivity contribution in [3.63, 3.8) is 0 Å². The Morgan fingerprint density at radius 2 is 2.39 bits per heavy atom. The van der Waals surface area contributed by atoms with Crippen LogP contribution < -0.4 is 5.32 Å². The minimum absolute atomic E-state index is 0.0740. The lowest BCUT2D eigenvalue weighted by Gasteiger charge is -2.13. The lowest BCUT2D eigenvalue weighted by atomic mass is 10.1. The van der Waals surface area contributed by atoms with Crippen LogP contribution in [-0.2, 0) is 4.74 Å². The van der Waals surface area contributed by atoms with Crippen LogP contribution in [0.1, 0.15) is 23.7 Å². The van der Waals surface area contributed by atoms with E-state index >= 15 is 0 Å². The Morgan fingerprint density at radius 3 is 3.17 bits per heavy atom. The predicted molar refractivity (Wildman–Crippen MR) is 69.5 cm³/mol. The number of benzene rings is 1. The molecule has 1 amide bonds. The van der Waals surface area contributed by atoms with Crippen molar-refractivity contribution in [2.75, 3.05) is 13.7 Å².